The van der Waals surface area contributed by atoms with Crippen molar-refractivity contribution in [1.29, 1.82) is 0 Å². The van der Waals surface area contributed by atoms with Crippen molar-refractivity contribution in [3.63, 3.8) is 0 Å². The number of piperidine rings is 1. The van der Waals surface area contributed by atoms with Crippen molar-refractivity contribution in [1.82, 2.24) is 4.90 Å². The van der Waals surface area contributed by atoms with Gasteiger partial charge in [0.1, 0.15) is 0 Å². The van der Waals surface area contributed by atoms with Gasteiger partial charge in [0.05, 0.1) is 12.8 Å². The Bertz CT molecular complexity index is 241. The van der Waals surface area contributed by atoms with E-state index in [1.807, 2.05) is 0 Å². The Morgan fingerprint density at radius 2 is 1.94 bits per heavy atom. The van der Waals surface area contributed by atoms with Gasteiger partial charge in [-0.3, -0.25) is 4.90 Å². The van der Waals surface area contributed by atoms with Crippen molar-refractivity contribution in [3.8, 4) is 0 Å². The van der Waals surface area contributed by atoms with Crippen LogP contribution in [0.25, 0.3) is 0 Å². The third kappa shape index (κ3) is 1.91. The molecule has 0 bridgehead atoms. The SMILES string of the molecule is CC[C@@H]1C[C@@H]2CCC[C@H]3CCCN(CO1)[C@H]32. The van der Waals surface area contributed by atoms with Gasteiger partial charge in [-0.15, -0.1) is 0 Å². The molecule has 0 N–H and O–H groups in total. The quantitative estimate of drug-likeness (QED) is 0.677. The maximum Gasteiger partial charge on any atom is 0.0996 e. The van der Waals surface area contributed by atoms with Crippen molar-refractivity contribution in [2.75, 3.05) is 13.3 Å². The van der Waals surface area contributed by atoms with Crippen molar-refractivity contribution < 1.29 is 4.74 Å². The van der Waals surface area contributed by atoms with Crippen molar-refractivity contribution in [2.24, 2.45) is 11.8 Å². The zero-order valence-electron chi connectivity index (χ0n) is 10.5. The minimum Gasteiger partial charge on any atom is -0.363 e. The van der Waals surface area contributed by atoms with Gasteiger partial charge >= 0.3 is 0 Å². The number of hydrogen-bond acceptors (Lipinski definition) is 2. The molecule has 2 heteroatoms. The molecular weight excluding hydrogens is 198 g/mol. The second-order valence-electron chi connectivity index (χ2n) is 5.96. The van der Waals surface area contributed by atoms with E-state index in [1.165, 1.54) is 51.5 Å². The Morgan fingerprint density at radius 3 is 2.81 bits per heavy atom. The first-order chi connectivity index (χ1) is 7.88. The fraction of sp³-hybridized carbons (Fsp3) is 1.00. The molecule has 4 atom stereocenters. The van der Waals surface area contributed by atoms with Crippen molar-refractivity contribution in [2.45, 2.75) is 64.0 Å². The van der Waals surface area contributed by atoms with Crippen LogP contribution in [-0.4, -0.2) is 30.3 Å². The van der Waals surface area contributed by atoms with Crippen molar-refractivity contribution in [3.05, 3.63) is 0 Å². The summed E-state index contributed by atoms with van der Waals surface area (Å²) in [6, 6.07) is 0.874. The number of nitrogens with zero attached hydrogens (tertiary/aromatic N) is 1. The Kier molecular flexibility index (Phi) is 3.21. The molecule has 2 saturated heterocycles. The second kappa shape index (κ2) is 4.66. The second-order valence-corrected chi connectivity index (χ2v) is 5.96. The smallest absolute Gasteiger partial charge is 0.0996 e. The maximum absolute atomic E-state index is 6.06. The van der Waals surface area contributed by atoms with Crippen LogP contribution in [0.4, 0.5) is 0 Å². The van der Waals surface area contributed by atoms with E-state index in [1.54, 1.807) is 0 Å². The first kappa shape index (κ1) is 11.0. The van der Waals surface area contributed by atoms with Gasteiger partial charge in [-0.05, 0) is 50.4 Å². The molecular formula is C14H25NO. The first-order valence-electron chi connectivity index (χ1n) is 7.24. The van der Waals surface area contributed by atoms with Gasteiger partial charge in [-0.2, -0.15) is 0 Å². The van der Waals surface area contributed by atoms with E-state index in [9.17, 15) is 0 Å². The van der Waals surface area contributed by atoms with Gasteiger partial charge in [-0.1, -0.05) is 13.3 Å². The highest BCUT2D eigenvalue weighted by Crippen LogP contribution is 2.42. The molecule has 16 heavy (non-hydrogen) atoms. The summed E-state index contributed by atoms with van der Waals surface area (Å²) in [6.45, 7) is 4.47. The summed E-state index contributed by atoms with van der Waals surface area (Å²) in [6.07, 6.45) is 10.3. The van der Waals surface area contributed by atoms with Crippen LogP contribution < -0.4 is 0 Å². The minimum absolute atomic E-state index is 0.536. The van der Waals surface area contributed by atoms with Crippen LogP contribution in [0, 0.1) is 11.8 Å². The molecule has 92 valence electrons. The highest BCUT2D eigenvalue weighted by molar-refractivity contribution is 4.93. The molecule has 2 aliphatic heterocycles. The lowest BCUT2D eigenvalue weighted by molar-refractivity contribution is -0.0448. The van der Waals surface area contributed by atoms with Gasteiger partial charge in [0.2, 0.25) is 0 Å². The molecule has 2 nitrogen and oxygen atoms in total. The lowest BCUT2D eigenvalue weighted by Crippen LogP contribution is -2.50. The lowest BCUT2D eigenvalue weighted by atomic mass is 9.71. The summed E-state index contributed by atoms with van der Waals surface area (Å²) in [5.41, 5.74) is 0. The molecule has 0 aromatic rings. The lowest BCUT2D eigenvalue weighted by Gasteiger charge is -2.46. The topological polar surface area (TPSA) is 12.5 Å². The zero-order valence-corrected chi connectivity index (χ0v) is 10.5. The van der Waals surface area contributed by atoms with Crippen LogP contribution in [0.5, 0.6) is 0 Å². The molecule has 0 unspecified atom stereocenters. The van der Waals surface area contributed by atoms with Crippen LogP contribution in [0.15, 0.2) is 0 Å². The van der Waals surface area contributed by atoms with E-state index >= 15 is 0 Å². The third-order valence-electron chi connectivity index (χ3n) is 5.05. The molecule has 0 radical (unpaired) electrons. The van der Waals surface area contributed by atoms with E-state index in [-0.39, 0.29) is 0 Å². The summed E-state index contributed by atoms with van der Waals surface area (Å²) < 4.78 is 6.06. The van der Waals surface area contributed by atoms with Crippen LogP contribution in [0.3, 0.4) is 0 Å². The molecule has 3 rings (SSSR count). The summed E-state index contributed by atoms with van der Waals surface area (Å²) in [4.78, 5) is 2.66. The molecule has 0 aromatic heterocycles. The molecule has 0 aromatic carbocycles. The minimum atomic E-state index is 0.536. The number of ether oxygens (including phenoxy) is 1. The summed E-state index contributed by atoms with van der Waals surface area (Å²) in [7, 11) is 0. The standard InChI is InChI=1S/C14H25NO/c1-2-13-9-12-6-3-5-11-7-4-8-15(10-16-13)14(11)12/h11-14H,2-10H2,1H3/t11-,12-,13+,14+/m0/s1. The monoisotopic (exact) mass is 223 g/mol. The molecule has 0 spiro atoms. The molecule has 1 saturated carbocycles. The Hall–Kier alpha value is -0.0800. The summed E-state index contributed by atoms with van der Waals surface area (Å²) in [5.74, 6) is 1.93. The van der Waals surface area contributed by atoms with Gasteiger partial charge in [0.25, 0.3) is 0 Å². The average Bonchev–Trinajstić information content (AvgIpc) is 2.51. The van der Waals surface area contributed by atoms with E-state index in [0.29, 0.717) is 6.10 Å². The molecule has 3 fully saturated rings. The Balaban J connectivity index is 1.79. The number of hydrogen-bond donors (Lipinski definition) is 0. The Morgan fingerprint density at radius 1 is 1.12 bits per heavy atom. The largest absolute Gasteiger partial charge is 0.363 e. The van der Waals surface area contributed by atoms with Gasteiger partial charge < -0.3 is 4.74 Å². The highest BCUT2D eigenvalue weighted by Gasteiger charge is 2.41. The van der Waals surface area contributed by atoms with Crippen LogP contribution >= 0.6 is 0 Å². The average molecular weight is 223 g/mol. The fourth-order valence-corrected chi connectivity index (χ4v) is 4.28. The first-order valence-corrected chi connectivity index (χ1v) is 7.24. The summed E-state index contributed by atoms with van der Waals surface area (Å²) >= 11 is 0. The molecule has 3 aliphatic rings. The van der Waals surface area contributed by atoms with Gasteiger partial charge in [0, 0.05) is 12.6 Å². The zero-order chi connectivity index (χ0) is 11.0. The van der Waals surface area contributed by atoms with Crippen LogP contribution in [0.2, 0.25) is 0 Å². The highest BCUT2D eigenvalue weighted by atomic mass is 16.5. The van der Waals surface area contributed by atoms with E-state index in [4.69, 9.17) is 4.74 Å². The molecule has 2 heterocycles. The van der Waals surface area contributed by atoms with E-state index in [0.717, 1.165) is 24.6 Å². The van der Waals surface area contributed by atoms with E-state index in [2.05, 4.69) is 11.8 Å². The van der Waals surface area contributed by atoms with Gasteiger partial charge in [-0.25, -0.2) is 0 Å². The van der Waals surface area contributed by atoms with Crippen molar-refractivity contribution >= 4 is 0 Å². The molecule has 1 aliphatic carbocycles. The Labute approximate surface area is 99.3 Å². The fourth-order valence-electron chi connectivity index (χ4n) is 4.28. The molecule has 0 amide bonds. The number of rotatable bonds is 1. The normalized spacial score (nSPS) is 44.8. The third-order valence-corrected chi connectivity index (χ3v) is 5.05. The van der Waals surface area contributed by atoms with Crippen LogP contribution in [0.1, 0.15) is 51.9 Å². The maximum atomic E-state index is 6.06. The summed E-state index contributed by atoms with van der Waals surface area (Å²) in [5, 5.41) is 0. The predicted molar refractivity (Wildman–Crippen MR) is 65.2 cm³/mol. The predicted octanol–water partition coefficient (Wildman–Crippen LogP) is 3.02. The van der Waals surface area contributed by atoms with Crippen LogP contribution in [-0.2, 0) is 4.74 Å². The van der Waals surface area contributed by atoms with Gasteiger partial charge in [0.15, 0.2) is 0 Å². The van der Waals surface area contributed by atoms with E-state index < -0.39 is 0 Å².